The minimum Gasteiger partial charge on any atom is -0.394 e. The number of rotatable bonds is 4. The first-order valence-electron chi connectivity index (χ1n) is 8.73. The Morgan fingerprint density at radius 2 is 1.81 bits per heavy atom. The van der Waals surface area contributed by atoms with Crippen LogP contribution in [0.15, 0.2) is 36.4 Å². The van der Waals surface area contributed by atoms with Gasteiger partial charge in [0.05, 0.1) is 18.0 Å². The van der Waals surface area contributed by atoms with Gasteiger partial charge >= 0.3 is 6.09 Å². The molecule has 1 aromatic carbocycles. The molecule has 0 saturated carbocycles. The maximum absolute atomic E-state index is 12.5. The Labute approximate surface area is 156 Å². The Hall–Kier alpha value is -2.91. The lowest BCUT2D eigenvalue weighted by atomic mass is 10.2. The Morgan fingerprint density at radius 1 is 1.19 bits per heavy atom. The summed E-state index contributed by atoms with van der Waals surface area (Å²) in [7, 11) is 0. The number of nitrogens with two attached hydrogens (primary N) is 1. The molecule has 1 unspecified atom stereocenters. The van der Waals surface area contributed by atoms with Crippen LogP contribution in [0.3, 0.4) is 0 Å². The SMILES string of the molecule is Cc1cc(OC(=O)N2CCN(C(=O)C(N)CO)CC2)n(-c2ccccc2)n1. The number of carbonyl (C=O) groups is 2. The summed E-state index contributed by atoms with van der Waals surface area (Å²) in [6.07, 6.45) is -0.495. The van der Waals surface area contributed by atoms with Crippen molar-refractivity contribution >= 4 is 12.0 Å². The number of nitrogens with zero attached hydrogens (tertiary/aromatic N) is 4. The van der Waals surface area contributed by atoms with Crippen LogP contribution >= 0.6 is 0 Å². The average molecular weight is 373 g/mol. The number of aliphatic hydroxyl groups excluding tert-OH is 1. The third-order valence-corrected chi connectivity index (χ3v) is 4.35. The fraction of sp³-hybridized carbons (Fsp3) is 0.389. The first kappa shape index (κ1) is 18.9. The molecular weight excluding hydrogens is 350 g/mol. The molecule has 27 heavy (non-hydrogen) atoms. The van der Waals surface area contributed by atoms with Crippen molar-refractivity contribution in [3.8, 4) is 11.6 Å². The van der Waals surface area contributed by atoms with Crippen LogP contribution in [0.25, 0.3) is 5.69 Å². The molecule has 0 aliphatic carbocycles. The Balaban J connectivity index is 1.63. The molecule has 0 spiro atoms. The van der Waals surface area contributed by atoms with Gasteiger partial charge in [0.2, 0.25) is 11.8 Å². The fourth-order valence-corrected chi connectivity index (χ4v) is 2.88. The standard InChI is InChI=1S/C18H23N5O4/c1-13-11-16(23(20-13)14-5-3-2-4-6-14)27-18(26)22-9-7-21(8-10-22)17(25)15(19)12-24/h2-6,11,15,24H,7-10,12,19H2,1H3. The van der Waals surface area contributed by atoms with Crippen molar-refractivity contribution in [3.63, 3.8) is 0 Å². The normalized spacial score (nSPS) is 15.5. The number of para-hydroxylation sites is 1. The van der Waals surface area contributed by atoms with E-state index < -0.39 is 18.7 Å². The molecule has 144 valence electrons. The van der Waals surface area contributed by atoms with E-state index >= 15 is 0 Å². The fourth-order valence-electron chi connectivity index (χ4n) is 2.88. The summed E-state index contributed by atoms with van der Waals surface area (Å²) in [4.78, 5) is 27.6. The minimum absolute atomic E-state index is 0.316. The van der Waals surface area contributed by atoms with Crippen LogP contribution in [0.5, 0.6) is 5.88 Å². The number of aromatic nitrogens is 2. The zero-order valence-electron chi connectivity index (χ0n) is 15.1. The summed E-state index contributed by atoms with van der Waals surface area (Å²) in [5, 5.41) is 13.4. The number of aliphatic hydroxyl groups is 1. The number of hydrogen-bond donors (Lipinski definition) is 2. The molecule has 1 aliphatic heterocycles. The number of piperazine rings is 1. The quantitative estimate of drug-likeness (QED) is 0.788. The van der Waals surface area contributed by atoms with Crippen molar-refractivity contribution in [1.29, 1.82) is 0 Å². The third kappa shape index (κ3) is 4.26. The largest absolute Gasteiger partial charge is 0.416 e. The van der Waals surface area contributed by atoms with E-state index in [1.54, 1.807) is 15.6 Å². The summed E-state index contributed by atoms with van der Waals surface area (Å²) in [6.45, 7) is 2.79. The molecule has 9 nitrogen and oxygen atoms in total. The summed E-state index contributed by atoms with van der Waals surface area (Å²) >= 11 is 0. The molecule has 2 aromatic rings. The van der Waals surface area contributed by atoms with Gasteiger partial charge in [-0.2, -0.15) is 5.10 Å². The van der Waals surface area contributed by atoms with Crippen LogP contribution in [0.4, 0.5) is 4.79 Å². The van der Waals surface area contributed by atoms with Crippen LogP contribution < -0.4 is 10.5 Å². The van der Waals surface area contributed by atoms with Gasteiger partial charge in [0, 0.05) is 32.2 Å². The number of aryl methyl sites for hydroxylation is 1. The first-order chi connectivity index (χ1) is 13.0. The number of ether oxygens (including phenoxy) is 1. The van der Waals surface area contributed by atoms with Gasteiger partial charge < -0.3 is 25.4 Å². The maximum atomic E-state index is 12.5. The molecule has 1 aliphatic rings. The van der Waals surface area contributed by atoms with E-state index in [1.807, 2.05) is 37.3 Å². The highest BCUT2D eigenvalue weighted by Crippen LogP contribution is 2.20. The zero-order chi connectivity index (χ0) is 19.4. The van der Waals surface area contributed by atoms with Gasteiger partial charge in [-0.15, -0.1) is 0 Å². The molecule has 3 N–H and O–H groups in total. The predicted molar refractivity (Wildman–Crippen MR) is 97.5 cm³/mol. The van der Waals surface area contributed by atoms with Gasteiger partial charge in [-0.3, -0.25) is 4.79 Å². The maximum Gasteiger partial charge on any atom is 0.416 e. The van der Waals surface area contributed by atoms with Crippen LogP contribution in [-0.4, -0.2) is 75.5 Å². The molecule has 1 saturated heterocycles. The van der Waals surface area contributed by atoms with Crippen LogP contribution in [-0.2, 0) is 4.79 Å². The third-order valence-electron chi connectivity index (χ3n) is 4.35. The number of benzene rings is 1. The topological polar surface area (TPSA) is 114 Å². The van der Waals surface area contributed by atoms with Crippen molar-refractivity contribution in [2.24, 2.45) is 5.73 Å². The van der Waals surface area contributed by atoms with Crippen LogP contribution in [0.2, 0.25) is 0 Å². The number of carbonyl (C=O) groups excluding carboxylic acids is 2. The van der Waals surface area contributed by atoms with Gasteiger partial charge in [0.1, 0.15) is 6.04 Å². The molecule has 2 heterocycles. The highest BCUT2D eigenvalue weighted by Gasteiger charge is 2.28. The Kier molecular flexibility index (Phi) is 5.72. The smallest absolute Gasteiger partial charge is 0.394 e. The molecule has 2 amide bonds. The molecule has 0 radical (unpaired) electrons. The van der Waals surface area contributed by atoms with Crippen molar-refractivity contribution < 1.29 is 19.4 Å². The lowest BCUT2D eigenvalue weighted by Crippen LogP contribution is -2.55. The molecule has 1 atom stereocenters. The monoisotopic (exact) mass is 373 g/mol. The van der Waals surface area contributed by atoms with Gasteiger partial charge in [0.25, 0.3) is 0 Å². The number of hydrogen-bond acceptors (Lipinski definition) is 6. The minimum atomic E-state index is -0.924. The molecule has 3 rings (SSSR count). The van der Waals surface area contributed by atoms with E-state index in [0.717, 1.165) is 11.4 Å². The van der Waals surface area contributed by atoms with E-state index in [-0.39, 0.29) is 5.91 Å². The second kappa shape index (κ2) is 8.19. The summed E-state index contributed by atoms with van der Waals surface area (Å²) < 4.78 is 7.12. The lowest BCUT2D eigenvalue weighted by molar-refractivity contribution is -0.135. The van der Waals surface area contributed by atoms with E-state index in [2.05, 4.69) is 5.10 Å². The van der Waals surface area contributed by atoms with E-state index in [1.165, 1.54) is 4.90 Å². The molecule has 1 fully saturated rings. The van der Waals surface area contributed by atoms with Crippen molar-refractivity contribution in [2.75, 3.05) is 32.8 Å². The zero-order valence-corrected chi connectivity index (χ0v) is 15.1. The molecular formula is C18H23N5O4. The second-order valence-electron chi connectivity index (χ2n) is 6.34. The highest BCUT2D eigenvalue weighted by atomic mass is 16.6. The van der Waals surface area contributed by atoms with E-state index in [9.17, 15) is 9.59 Å². The van der Waals surface area contributed by atoms with E-state index in [4.69, 9.17) is 15.6 Å². The molecule has 9 heteroatoms. The van der Waals surface area contributed by atoms with Gasteiger partial charge in [0.15, 0.2) is 0 Å². The molecule has 0 bridgehead atoms. The van der Waals surface area contributed by atoms with E-state index in [0.29, 0.717) is 32.1 Å². The lowest BCUT2D eigenvalue weighted by Gasteiger charge is -2.34. The first-order valence-corrected chi connectivity index (χ1v) is 8.73. The van der Waals surface area contributed by atoms with Crippen LogP contribution in [0, 0.1) is 6.92 Å². The predicted octanol–water partition coefficient (Wildman–Crippen LogP) is 0.143. The number of amides is 2. The van der Waals surface area contributed by atoms with Crippen molar-refractivity contribution in [3.05, 3.63) is 42.1 Å². The van der Waals surface area contributed by atoms with Crippen molar-refractivity contribution in [2.45, 2.75) is 13.0 Å². The second-order valence-corrected chi connectivity index (χ2v) is 6.34. The summed E-state index contributed by atoms with van der Waals surface area (Å²) in [5.41, 5.74) is 7.09. The van der Waals surface area contributed by atoms with Gasteiger partial charge in [-0.05, 0) is 19.1 Å². The van der Waals surface area contributed by atoms with Gasteiger partial charge in [-0.1, -0.05) is 18.2 Å². The van der Waals surface area contributed by atoms with Crippen molar-refractivity contribution in [1.82, 2.24) is 19.6 Å². The summed E-state index contributed by atoms with van der Waals surface area (Å²) in [6, 6.07) is 10.2. The molecule has 1 aromatic heterocycles. The Bertz CT molecular complexity index is 799. The Morgan fingerprint density at radius 3 is 2.44 bits per heavy atom. The highest BCUT2D eigenvalue weighted by molar-refractivity contribution is 5.82. The average Bonchev–Trinajstić information content (AvgIpc) is 3.07. The van der Waals surface area contributed by atoms with Crippen LogP contribution in [0.1, 0.15) is 5.69 Å². The summed E-state index contributed by atoms with van der Waals surface area (Å²) in [5.74, 6) is 0.0211. The van der Waals surface area contributed by atoms with Gasteiger partial charge in [-0.25, -0.2) is 9.48 Å².